The van der Waals surface area contributed by atoms with Crippen LogP contribution in [0.3, 0.4) is 0 Å². The zero-order chi connectivity index (χ0) is 14.7. The van der Waals surface area contributed by atoms with E-state index in [1.54, 1.807) is 19.1 Å². The fourth-order valence-electron chi connectivity index (χ4n) is 1.91. The smallest absolute Gasteiger partial charge is 0.146 e. The van der Waals surface area contributed by atoms with E-state index >= 15 is 0 Å². The second-order valence-electron chi connectivity index (χ2n) is 5.19. The Morgan fingerprint density at radius 1 is 0.950 bits per heavy atom. The molecule has 1 N–H and O–H groups in total. The largest absolute Gasteiger partial charge is 0.456 e. The number of rotatable bonds is 4. The minimum atomic E-state index is -0.535. The number of aliphatic hydroxyl groups is 1. The highest BCUT2D eigenvalue weighted by atomic mass is 35.5. The molecule has 0 radical (unpaired) electrons. The molecule has 0 spiro atoms. The summed E-state index contributed by atoms with van der Waals surface area (Å²) in [6.45, 7) is 6.01. The summed E-state index contributed by atoms with van der Waals surface area (Å²) in [5.74, 6) is 1.84. The van der Waals surface area contributed by atoms with Crippen LogP contribution in [0, 0.1) is 0 Å². The van der Waals surface area contributed by atoms with Crippen LogP contribution in [-0.4, -0.2) is 5.11 Å². The summed E-state index contributed by atoms with van der Waals surface area (Å²) in [6, 6.07) is 13.3. The lowest BCUT2D eigenvalue weighted by atomic mass is 10.0. The van der Waals surface area contributed by atoms with Gasteiger partial charge >= 0.3 is 0 Å². The SMILES string of the molecule is CC(C)c1ccc(Oc2ccc([C@H](C)O)cc2Cl)cc1. The molecule has 0 fully saturated rings. The Morgan fingerprint density at radius 3 is 2.05 bits per heavy atom. The maximum absolute atomic E-state index is 9.51. The Kier molecular flexibility index (Phi) is 4.69. The van der Waals surface area contributed by atoms with E-state index < -0.39 is 6.10 Å². The van der Waals surface area contributed by atoms with Gasteiger partial charge < -0.3 is 9.84 Å². The molecule has 0 aromatic heterocycles. The van der Waals surface area contributed by atoms with Crippen molar-refractivity contribution in [1.82, 2.24) is 0 Å². The first kappa shape index (κ1) is 14.9. The van der Waals surface area contributed by atoms with Crippen LogP contribution >= 0.6 is 11.6 Å². The summed E-state index contributed by atoms with van der Waals surface area (Å²) >= 11 is 6.17. The number of hydrogen-bond acceptors (Lipinski definition) is 2. The lowest BCUT2D eigenvalue weighted by Gasteiger charge is -2.11. The van der Waals surface area contributed by atoms with Crippen molar-refractivity contribution in [3.8, 4) is 11.5 Å². The van der Waals surface area contributed by atoms with Gasteiger partial charge in [0, 0.05) is 0 Å². The molecule has 0 aliphatic rings. The number of benzene rings is 2. The average Bonchev–Trinajstić information content (AvgIpc) is 2.41. The number of aliphatic hydroxyl groups excluding tert-OH is 1. The van der Waals surface area contributed by atoms with Crippen molar-refractivity contribution in [3.05, 3.63) is 58.6 Å². The third-order valence-electron chi connectivity index (χ3n) is 3.21. The Balaban J connectivity index is 2.17. The fraction of sp³-hybridized carbons (Fsp3) is 0.294. The normalized spacial score (nSPS) is 12.5. The molecule has 0 heterocycles. The molecule has 3 heteroatoms. The first-order valence-corrected chi connectivity index (χ1v) is 7.10. The molecule has 2 rings (SSSR count). The number of hydrogen-bond donors (Lipinski definition) is 1. The van der Waals surface area contributed by atoms with Crippen LogP contribution in [0.15, 0.2) is 42.5 Å². The average molecular weight is 291 g/mol. The van der Waals surface area contributed by atoms with Gasteiger partial charge in [0.2, 0.25) is 0 Å². The second-order valence-corrected chi connectivity index (χ2v) is 5.60. The van der Waals surface area contributed by atoms with Gasteiger partial charge in [-0.3, -0.25) is 0 Å². The number of halogens is 1. The van der Waals surface area contributed by atoms with Gasteiger partial charge in [-0.1, -0.05) is 43.6 Å². The van der Waals surface area contributed by atoms with Gasteiger partial charge in [-0.05, 0) is 48.2 Å². The van der Waals surface area contributed by atoms with E-state index in [-0.39, 0.29) is 0 Å². The molecule has 2 nitrogen and oxygen atoms in total. The molecule has 0 saturated carbocycles. The van der Waals surface area contributed by atoms with E-state index in [9.17, 15) is 5.11 Å². The standard InChI is InChI=1S/C17H19ClO2/c1-11(2)13-4-7-15(8-5-13)20-17-9-6-14(12(3)19)10-16(17)18/h4-12,19H,1-3H3/t12-/m0/s1. The third-order valence-corrected chi connectivity index (χ3v) is 3.51. The number of ether oxygens (including phenoxy) is 1. The van der Waals surface area contributed by atoms with Gasteiger partial charge in [0.15, 0.2) is 0 Å². The molecule has 20 heavy (non-hydrogen) atoms. The van der Waals surface area contributed by atoms with Crippen molar-refractivity contribution >= 4 is 11.6 Å². The summed E-state index contributed by atoms with van der Waals surface area (Å²) in [5.41, 5.74) is 2.05. The minimum absolute atomic E-state index is 0.497. The van der Waals surface area contributed by atoms with Gasteiger partial charge in [-0.25, -0.2) is 0 Å². The fourth-order valence-corrected chi connectivity index (χ4v) is 2.14. The Hall–Kier alpha value is -1.51. The summed E-state index contributed by atoms with van der Waals surface area (Å²) in [7, 11) is 0. The van der Waals surface area contributed by atoms with E-state index in [2.05, 4.69) is 26.0 Å². The van der Waals surface area contributed by atoms with Crippen molar-refractivity contribution in [1.29, 1.82) is 0 Å². The molecule has 106 valence electrons. The maximum atomic E-state index is 9.51. The molecule has 1 atom stereocenters. The Bertz CT molecular complexity index is 574. The molecule has 0 aliphatic carbocycles. The summed E-state index contributed by atoms with van der Waals surface area (Å²) in [4.78, 5) is 0. The molecule has 0 aliphatic heterocycles. The second kappa shape index (κ2) is 6.29. The van der Waals surface area contributed by atoms with Crippen LogP contribution in [-0.2, 0) is 0 Å². The van der Waals surface area contributed by atoms with Crippen LogP contribution in [0.25, 0.3) is 0 Å². The van der Waals surface area contributed by atoms with Crippen molar-refractivity contribution in [2.75, 3.05) is 0 Å². The van der Waals surface area contributed by atoms with Gasteiger partial charge in [0.1, 0.15) is 11.5 Å². The monoisotopic (exact) mass is 290 g/mol. The van der Waals surface area contributed by atoms with Crippen molar-refractivity contribution in [2.45, 2.75) is 32.8 Å². The van der Waals surface area contributed by atoms with Crippen molar-refractivity contribution in [3.63, 3.8) is 0 Å². The molecular formula is C17H19ClO2. The molecule has 0 saturated heterocycles. The topological polar surface area (TPSA) is 29.5 Å². The van der Waals surface area contributed by atoms with Crippen LogP contribution in [0.4, 0.5) is 0 Å². The van der Waals surface area contributed by atoms with Gasteiger partial charge in [0.05, 0.1) is 11.1 Å². The molecule has 0 unspecified atom stereocenters. The lowest BCUT2D eigenvalue weighted by molar-refractivity contribution is 0.199. The highest BCUT2D eigenvalue weighted by molar-refractivity contribution is 6.32. The van der Waals surface area contributed by atoms with E-state index in [0.29, 0.717) is 16.7 Å². The van der Waals surface area contributed by atoms with E-state index in [4.69, 9.17) is 16.3 Å². The summed E-state index contributed by atoms with van der Waals surface area (Å²) in [6.07, 6.45) is -0.535. The highest BCUT2D eigenvalue weighted by Gasteiger charge is 2.08. The third kappa shape index (κ3) is 3.53. The Morgan fingerprint density at radius 2 is 1.55 bits per heavy atom. The zero-order valence-corrected chi connectivity index (χ0v) is 12.7. The van der Waals surface area contributed by atoms with Crippen LogP contribution < -0.4 is 4.74 Å². The van der Waals surface area contributed by atoms with E-state index in [0.717, 1.165) is 11.3 Å². The van der Waals surface area contributed by atoms with Gasteiger partial charge in [-0.2, -0.15) is 0 Å². The lowest BCUT2D eigenvalue weighted by Crippen LogP contribution is -1.92. The molecule has 0 amide bonds. The molecule has 2 aromatic carbocycles. The quantitative estimate of drug-likeness (QED) is 0.827. The van der Waals surface area contributed by atoms with Crippen molar-refractivity contribution < 1.29 is 9.84 Å². The first-order chi connectivity index (χ1) is 9.47. The van der Waals surface area contributed by atoms with Crippen molar-refractivity contribution in [2.24, 2.45) is 0 Å². The van der Waals surface area contributed by atoms with Gasteiger partial charge in [0.25, 0.3) is 0 Å². The first-order valence-electron chi connectivity index (χ1n) is 6.72. The zero-order valence-electron chi connectivity index (χ0n) is 11.9. The van der Waals surface area contributed by atoms with Crippen LogP contribution in [0.1, 0.15) is 43.9 Å². The summed E-state index contributed by atoms with van der Waals surface area (Å²) < 4.78 is 5.77. The van der Waals surface area contributed by atoms with Crippen LogP contribution in [0.5, 0.6) is 11.5 Å². The maximum Gasteiger partial charge on any atom is 0.146 e. The van der Waals surface area contributed by atoms with E-state index in [1.165, 1.54) is 5.56 Å². The predicted octanol–water partition coefficient (Wildman–Crippen LogP) is 5.31. The Labute approximate surface area is 125 Å². The molecule has 2 aromatic rings. The van der Waals surface area contributed by atoms with Gasteiger partial charge in [-0.15, -0.1) is 0 Å². The summed E-state index contributed by atoms with van der Waals surface area (Å²) in [5, 5.41) is 10.0. The predicted molar refractivity (Wildman–Crippen MR) is 82.7 cm³/mol. The molecule has 0 bridgehead atoms. The molecular weight excluding hydrogens is 272 g/mol. The highest BCUT2D eigenvalue weighted by Crippen LogP contribution is 2.32. The van der Waals surface area contributed by atoms with E-state index in [1.807, 2.05) is 18.2 Å². The van der Waals surface area contributed by atoms with Crippen LogP contribution in [0.2, 0.25) is 5.02 Å². The minimum Gasteiger partial charge on any atom is -0.456 e.